The Morgan fingerprint density at radius 1 is 1.77 bits per heavy atom. The predicted molar refractivity (Wildman–Crippen MR) is 54.4 cm³/mol. The first-order valence-corrected chi connectivity index (χ1v) is 5.17. The Morgan fingerprint density at radius 3 is 3.08 bits per heavy atom. The molecule has 0 spiro atoms. The Hall–Kier alpha value is -0.870. The highest BCUT2D eigenvalue weighted by Gasteiger charge is 2.09. The quantitative estimate of drug-likeness (QED) is 0.761. The first-order chi connectivity index (χ1) is 6.24. The minimum Gasteiger partial charge on any atom is -0.350 e. The van der Waals surface area contributed by atoms with E-state index in [1.807, 2.05) is 24.4 Å². The lowest BCUT2D eigenvalue weighted by Crippen LogP contribution is -2.39. The number of hydrogen-bond acceptors (Lipinski definition) is 3. The molecule has 72 valence electrons. The standard InChI is InChI=1S/C9H14N2OS/c1-2-8(10)9(12)11-6-7-4-3-5-13-7/h3-5,8H,2,6,10H2,1H3,(H,11,12). The molecule has 1 heterocycles. The maximum Gasteiger partial charge on any atom is 0.237 e. The van der Waals surface area contributed by atoms with Crippen LogP contribution >= 0.6 is 11.3 Å². The molecule has 0 aromatic carbocycles. The molecule has 0 saturated carbocycles. The van der Waals surface area contributed by atoms with E-state index in [2.05, 4.69) is 5.32 Å². The maximum absolute atomic E-state index is 11.2. The van der Waals surface area contributed by atoms with Crippen molar-refractivity contribution in [3.63, 3.8) is 0 Å². The van der Waals surface area contributed by atoms with Crippen molar-refractivity contribution < 1.29 is 4.79 Å². The average molecular weight is 198 g/mol. The van der Waals surface area contributed by atoms with Gasteiger partial charge in [0, 0.05) is 4.88 Å². The number of nitrogens with one attached hydrogen (secondary N) is 1. The highest BCUT2D eigenvalue weighted by atomic mass is 32.1. The third kappa shape index (κ3) is 3.16. The Labute approximate surface area is 81.9 Å². The minimum absolute atomic E-state index is 0.0732. The SMILES string of the molecule is CCC(N)C(=O)NCc1cccs1. The summed E-state index contributed by atoms with van der Waals surface area (Å²) in [4.78, 5) is 12.4. The number of nitrogens with two attached hydrogens (primary N) is 1. The smallest absolute Gasteiger partial charge is 0.237 e. The first kappa shape index (κ1) is 10.2. The van der Waals surface area contributed by atoms with Crippen molar-refractivity contribution in [1.29, 1.82) is 0 Å². The van der Waals surface area contributed by atoms with Crippen molar-refractivity contribution in [2.75, 3.05) is 0 Å². The van der Waals surface area contributed by atoms with Crippen LogP contribution in [0, 0.1) is 0 Å². The summed E-state index contributed by atoms with van der Waals surface area (Å²) in [6, 6.07) is 3.58. The number of amides is 1. The van der Waals surface area contributed by atoms with Crippen LogP contribution < -0.4 is 11.1 Å². The van der Waals surface area contributed by atoms with Gasteiger partial charge in [-0.1, -0.05) is 13.0 Å². The van der Waals surface area contributed by atoms with Gasteiger partial charge in [0.05, 0.1) is 12.6 Å². The van der Waals surface area contributed by atoms with Gasteiger partial charge in [0.2, 0.25) is 5.91 Å². The Kier molecular flexibility index (Phi) is 3.92. The lowest BCUT2D eigenvalue weighted by molar-refractivity contribution is -0.122. The summed E-state index contributed by atoms with van der Waals surface area (Å²) in [5.74, 6) is -0.0732. The fourth-order valence-corrected chi connectivity index (χ4v) is 1.55. The lowest BCUT2D eigenvalue weighted by atomic mass is 10.2. The van der Waals surface area contributed by atoms with Crippen molar-refractivity contribution >= 4 is 17.2 Å². The minimum atomic E-state index is -0.375. The van der Waals surface area contributed by atoms with Crippen molar-refractivity contribution in [3.05, 3.63) is 22.4 Å². The molecule has 0 aliphatic heterocycles. The fourth-order valence-electron chi connectivity index (χ4n) is 0.904. The Bertz CT molecular complexity index is 259. The van der Waals surface area contributed by atoms with Gasteiger partial charge in [-0.25, -0.2) is 0 Å². The van der Waals surface area contributed by atoms with Crippen molar-refractivity contribution in [1.82, 2.24) is 5.32 Å². The monoisotopic (exact) mass is 198 g/mol. The molecule has 1 aromatic rings. The van der Waals surface area contributed by atoms with Gasteiger partial charge in [0.1, 0.15) is 0 Å². The van der Waals surface area contributed by atoms with E-state index in [0.717, 1.165) is 4.88 Å². The zero-order valence-corrected chi connectivity index (χ0v) is 8.43. The molecule has 0 fully saturated rings. The van der Waals surface area contributed by atoms with Crippen LogP contribution in [0.4, 0.5) is 0 Å². The van der Waals surface area contributed by atoms with E-state index in [4.69, 9.17) is 5.73 Å². The van der Waals surface area contributed by atoms with E-state index in [-0.39, 0.29) is 11.9 Å². The summed E-state index contributed by atoms with van der Waals surface area (Å²) in [5.41, 5.74) is 5.55. The summed E-state index contributed by atoms with van der Waals surface area (Å²) in [5, 5.41) is 4.77. The van der Waals surface area contributed by atoms with Gasteiger partial charge in [-0.15, -0.1) is 11.3 Å². The number of thiophene rings is 1. The highest BCUT2D eigenvalue weighted by molar-refractivity contribution is 7.09. The third-order valence-corrected chi connectivity index (χ3v) is 2.67. The molecule has 1 unspecified atom stereocenters. The molecule has 1 rings (SSSR count). The van der Waals surface area contributed by atoms with Gasteiger partial charge in [-0.3, -0.25) is 4.79 Å². The van der Waals surface area contributed by atoms with Gasteiger partial charge in [-0.05, 0) is 17.9 Å². The zero-order valence-electron chi connectivity index (χ0n) is 7.62. The Morgan fingerprint density at radius 2 is 2.54 bits per heavy atom. The van der Waals surface area contributed by atoms with Crippen molar-refractivity contribution in [3.8, 4) is 0 Å². The van der Waals surface area contributed by atoms with E-state index in [1.165, 1.54) is 0 Å². The second kappa shape index (κ2) is 4.99. The van der Waals surface area contributed by atoms with E-state index >= 15 is 0 Å². The van der Waals surface area contributed by atoms with Gasteiger partial charge in [0.25, 0.3) is 0 Å². The molecule has 0 aliphatic rings. The molecule has 0 radical (unpaired) electrons. The van der Waals surface area contributed by atoms with Gasteiger partial charge >= 0.3 is 0 Å². The zero-order chi connectivity index (χ0) is 9.68. The molecule has 0 bridgehead atoms. The highest BCUT2D eigenvalue weighted by Crippen LogP contribution is 2.07. The third-order valence-electron chi connectivity index (χ3n) is 1.79. The molecule has 13 heavy (non-hydrogen) atoms. The Balaban J connectivity index is 2.31. The van der Waals surface area contributed by atoms with Crippen LogP contribution in [0.25, 0.3) is 0 Å². The predicted octanol–water partition coefficient (Wildman–Crippen LogP) is 1.10. The van der Waals surface area contributed by atoms with Crippen LogP contribution in [0.1, 0.15) is 18.2 Å². The molecular formula is C9H14N2OS. The van der Waals surface area contributed by atoms with Gasteiger partial charge in [-0.2, -0.15) is 0 Å². The topological polar surface area (TPSA) is 55.1 Å². The molecule has 1 aromatic heterocycles. The van der Waals surface area contributed by atoms with Crippen LogP contribution in [-0.2, 0) is 11.3 Å². The summed E-state index contributed by atoms with van der Waals surface area (Å²) >= 11 is 1.63. The van der Waals surface area contributed by atoms with Crippen LogP contribution in [0.15, 0.2) is 17.5 Å². The summed E-state index contributed by atoms with van der Waals surface area (Å²) in [6.45, 7) is 2.49. The van der Waals surface area contributed by atoms with E-state index in [9.17, 15) is 4.79 Å². The summed E-state index contributed by atoms with van der Waals surface area (Å²) in [6.07, 6.45) is 0.677. The first-order valence-electron chi connectivity index (χ1n) is 4.29. The molecule has 1 amide bonds. The largest absolute Gasteiger partial charge is 0.350 e. The van der Waals surface area contributed by atoms with Crippen LogP contribution in [0.3, 0.4) is 0 Å². The number of carbonyl (C=O) groups excluding carboxylic acids is 1. The van der Waals surface area contributed by atoms with E-state index in [1.54, 1.807) is 11.3 Å². The van der Waals surface area contributed by atoms with Crippen molar-refractivity contribution in [2.24, 2.45) is 5.73 Å². The number of rotatable bonds is 4. The summed E-state index contributed by atoms with van der Waals surface area (Å²) in [7, 11) is 0. The maximum atomic E-state index is 11.2. The molecule has 3 N–H and O–H groups in total. The molecule has 1 atom stereocenters. The molecule has 3 nitrogen and oxygen atoms in total. The number of carbonyl (C=O) groups is 1. The fraction of sp³-hybridized carbons (Fsp3) is 0.444. The lowest BCUT2D eigenvalue weighted by Gasteiger charge is -2.08. The number of hydrogen-bond donors (Lipinski definition) is 2. The molecule has 4 heteroatoms. The normalized spacial score (nSPS) is 12.5. The molecule has 0 aliphatic carbocycles. The summed E-state index contributed by atoms with van der Waals surface area (Å²) < 4.78 is 0. The van der Waals surface area contributed by atoms with E-state index < -0.39 is 0 Å². The van der Waals surface area contributed by atoms with E-state index in [0.29, 0.717) is 13.0 Å². The van der Waals surface area contributed by atoms with Crippen molar-refractivity contribution in [2.45, 2.75) is 25.9 Å². The van der Waals surface area contributed by atoms with Crippen LogP contribution in [0.5, 0.6) is 0 Å². The van der Waals surface area contributed by atoms with Crippen LogP contribution in [0.2, 0.25) is 0 Å². The second-order valence-corrected chi connectivity index (χ2v) is 3.84. The van der Waals surface area contributed by atoms with Gasteiger partial charge < -0.3 is 11.1 Å². The average Bonchev–Trinajstić information content (AvgIpc) is 2.65. The van der Waals surface area contributed by atoms with Crippen LogP contribution in [-0.4, -0.2) is 11.9 Å². The molecule has 0 saturated heterocycles. The second-order valence-electron chi connectivity index (χ2n) is 2.81. The molecular weight excluding hydrogens is 184 g/mol. The van der Waals surface area contributed by atoms with Gasteiger partial charge in [0.15, 0.2) is 0 Å².